The highest BCUT2D eigenvalue weighted by atomic mass is 16.4. The summed E-state index contributed by atoms with van der Waals surface area (Å²) in [6.45, 7) is 1.59. The summed E-state index contributed by atoms with van der Waals surface area (Å²) in [4.78, 5) is 25.7. The van der Waals surface area contributed by atoms with E-state index in [0.717, 1.165) is 0 Å². The number of aliphatic carboxylic acids is 1. The molecule has 7 heteroatoms. The van der Waals surface area contributed by atoms with Crippen LogP contribution in [0.5, 0.6) is 0 Å². The smallest absolute Gasteiger partial charge is 0.303 e. The number of rotatable bonds is 3. The number of hydrogen-bond acceptors (Lipinski definition) is 5. The summed E-state index contributed by atoms with van der Waals surface area (Å²) in [6, 6.07) is 0. The van der Waals surface area contributed by atoms with Gasteiger partial charge in [0, 0.05) is 12.0 Å². The average molecular weight is 212 g/mol. The summed E-state index contributed by atoms with van der Waals surface area (Å²) in [5.74, 6) is 4.26. The lowest BCUT2D eigenvalue weighted by Crippen LogP contribution is -2.34. The van der Waals surface area contributed by atoms with E-state index in [1.807, 2.05) is 0 Å². The molecule has 0 amide bonds. The van der Waals surface area contributed by atoms with Gasteiger partial charge in [-0.3, -0.25) is 9.59 Å². The van der Waals surface area contributed by atoms with Gasteiger partial charge < -0.3 is 16.7 Å². The number of nitrogen functional groups attached to an aromatic ring is 2. The lowest BCUT2D eigenvalue weighted by molar-refractivity contribution is -0.136. The van der Waals surface area contributed by atoms with Crippen LogP contribution in [0.2, 0.25) is 0 Å². The van der Waals surface area contributed by atoms with Gasteiger partial charge in [0.1, 0.15) is 0 Å². The van der Waals surface area contributed by atoms with Crippen LogP contribution in [-0.4, -0.2) is 20.7 Å². The van der Waals surface area contributed by atoms with E-state index in [-0.39, 0.29) is 24.4 Å². The Kier molecular flexibility index (Phi) is 2.93. The molecule has 1 aromatic rings. The molecule has 1 aromatic heterocycles. The molecule has 0 unspecified atom stereocenters. The molecule has 5 N–H and O–H groups in total. The van der Waals surface area contributed by atoms with E-state index in [2.05, 4.69) is 4.98 Å². The van der Waals surface area contributed by atoms with E-state index in [0.29, 0.717) is 10.4 Å². The quantitative estimate of drug-likeness (QED) is 0.544. The first kappa shape index (κ1) is 11.0. The SMILES string of the molecule is Cc1nc(N)n(N)c(=O)c1CCC(=O)O. The molecule has 0 spiro atoms. The van der Waals surface area contributed by atoms with Gasteiger partial charge in [-0.25, -0.2) is 4.98 Å². The Morgan fingerprint density at radius 2 is 2.20 bits per heavy atom. The van der Waals surface area contributed by atoms with Crippen LogP contribution >= 0.6 is 0 Å². The second-order valence-electron chi connectivity index (χ2n) is 3.10. The number of carboxylic acids is 1. The molecule has 0 aliphatic carbocycles. The highest BCUT2D eigenvalue weighted by Crippen LogP contribution is 2.04. The predicted octanol–water partition coefficient (Wildman–Crippen LogP) is -1.14. The molecular weight excluding hydrogens is 200 g/mol. The Bertz CT molecular complexity index is 452. The third-order valence-corrected chi connectivity index (χ3v) is 2.03. The minimum Gasteiger partial charge on any atom is -0.481 e. The molecule has 7 nitrogen and oxygen atoms in total. The molecule has 0 fully saturated rings. The normalized spacial score (nSPS) is 10.2. The first-order chi connectivity index (χ1) is 6.93. The van der Waals surface area contributed by atoms with Crippen molar-refractivity contribution in [2.75, 3.05) is 11.6 Å². The molecule has 82 valence electrons. The molecule has 0 radical (unpaired) electrons. The zero-order valence-corrected chi connectivity index (χ0v) is 8.23. The number of hydrogen-bond donors (Lipinski definition) is 3. The number of carboxylic acid groups (broad SMARTS) is 1. The summed E-state index contributed by atoms with van der Waals surface area (Å²) in [5, 5.41) is 8.50. The van der Waals surface area contributed by atoms with Crippen molar-refractivity contribution in [1.29, 1.82) is 0 Å². The van der Waals surface area contributed by atoms with Crippen molar-refractivity contribution >= 4 is 11.9 Å². The maximum Gasteiger partial charge on any atom is 0.303 e. The lowest BCUT2D eigenvalue weighted by atomic mass is 10.1. The van der Waals surface area contributed by atoms with Crippen LogP contribution in [0.4, 0.5) is 5.95 Å². The maximum atomic E-state index is 11.5. The van der Waals surface area contributed by atoms with Crippen molar-refractivity contribution in [1.82, 2.24) is 9.66 Å². The van der Waals surface area contributed by atoms with Gasteiger partial charge in [-0.05, 0) is 13.3 Å². The molecule has 0 bridgehead atoms. The molecule has 0 atom stereocenters. The van der Waals surface area contributed by atoms with Crippen LogP contribution in [-0.2, 0) is 11.2 Å². The van der Waals surface area contributed by atoms with Gasteiger partial charge in [-0.15, -0.1) is 0 Å². The second-order valence-corrected chi connectivity index (χ2v) is 3.10. The fourth-order valence-corrected chi connectivity index (χ4v) is 1.22. The summed E-state index contributed by atoms with van der Waals surface area (Å²) < 4.78 is 0.712. The third kappa shape index (κ3) is 2.25. The van der Waals surface area contributed by atoms with Crippen LogP contribution in [0.25, 0.3) is 0 Å². The van der Waals surface area contributed by atoms with Crippen molar-refractivity contribution in [3.05, 3.63) is 21.6 Å². The molecule has 0 aromatic carbocycles. The van der Waals surface area contributed by atoms with E-state index in [1.165, 1.54) is 0 Å². The number of anilines is 1. The van der Waals surface area contributed by atoms with Crippen molar-refractivity contribution < 1.29 is 9.90 Å². The monoisotopic (exact) mass is 212 g/mol. The van der Waals surface area contributed by atoms with Gasteiger partial charge in [0.2, 0.25) is 5.95 Å². The molecule has 1 heterocycles. The Hall–Kier alpha value is -2.05. The molecule has 0 saturated heterocycles. The summed E-state index contributed by atoms with van der Waals surface area (Å²) >= 11 is 0. The van der Waals surface area contributed by atoms with Crippen LogP contribution in [0, 0.1) is 6.92 Å². The van der Waals surface area contributed by atoms with Crippen LogP contribution in [0.1, 0.15) is 17.7 Å². The third-order valence-electron chi connectivity index (χ3n) is 2.03. The average Bonchev–Trinajstić information content (AvgIpc) is 2.14. The second kappa shape index (κ2) is 3.99. The molecule has 0 aliphatic heterocycles. The van der Waals surface area contributed by atoms with Crippen LogP contribution in [0.3, 0.4) is 0 Å². The minimum absolute atomic E-state index is 0.0865. The van der Waals surface area contributed by atoms with E-state index in [4.69, 9.17) is 16.7 Å². The first-order valence-electron chi connectivity index (χ1n) is 4.28. The van der Waals surface area contributed by atoms with Gasteiger partial charge in [0.25, 0.3) is 5.56 Å². The zero-order valence-electron chi connectivity index (χ0n) is 8.23. The van der Waals surface area contributed by atoms with Gasteiger partial charge in [0.05, 0.1) is 5.69 Å². The van der Waals surface area contributed by atoms with Crippen molar-refractivity contribution in [3.8, 4) is 0 Å². The number of nitrogens with two attached hydrogens (primary N) is 2. The topological polar surface area (TPSA) is 124 Å². The highest BCUT2D eigenvalue weighted by molar-refractivity contribution is 5.67. The molecular formula is C8H12N4O3. The van der Waals surface area contributed by atoms with Gasteiger partial charge >= 0.3 is 5.97 Å². The van der Waals surface area contributed by atoms with E-state index < -0.39 is 11.5 Å². The Morgan fingerprint density at radius 1 is 1.60 bits per heavy atom. The molecule has 0 saturated carbocycles. The molecule has 1 rings (SSSR count). The van der Waals surface area contributed by atoms with Gasteiger partial charge in [-0.2, -0.15) is 4.68 Å². The fourth-order valence-electron chi connectivity index (χ4n) is 1.22. The molecule has 0 aliphatic rings. The highest BCUT2D eigenvalue weighted by Gasteiger charge is 2.11. The number of aromatic nitrogens is 2. The number of carbonyl (C=O) groups is 1. The Labute approximate surface area is 85.3 Å². The summed E-state index contributed by atoms with van der Waals surface area (Å²) in [7, 11) is 0. The van der Waals surface area contributed by atoms with Crippen LogP contribution in [0.15, 0.2) is 4.79 Å². The fraction of sp³-hybridized carbons (Fsp3) is 0.375. The lowest BCUT2D eigenvalue weighted by Gasteiger charge is -2.07. The number of nitrogens with zero attached hydrogens (tertiary/aromatic N) is 2. The van der Waals surface area contributed by atoms with Crippen molar-refractivity contribution in [2.45, 2.75) is 19.8 Å². The van der Waals surface area contributed by atoms with E-state index in [9.17, 15) is 9.59 Å². The molecule has 15 heavy (non-hydrogen) atoms. The van der Waals surface area contributed by atoms with Gasteiger partial charge in [-0.1, -0.05) is 0 Å². The largest absolute Gasteiger partial charge is 0.481 e. The maximum absolute atomic E-state index is 11.5. The Morgan fingerprint density at radius 3 is 2.73 bits per heavy atom. The van der Waals surface area contributed by atoms with Crippen LogP contribution < -0.4 is 17.1 Å². The van der Waals surface area contributed by atoms with E-state index in [1.54, 1.807) is 6.92 Å². The standard InChI is InChI=1S/C8H12N4O3/c1-4-5(2-3-6(13)14)7(15)12(10)8(9)11-4/h2-3,10H2,1H3,(H2,9,11)(H,13,14). The summed E-state index contributed by atoms with van der Waals surface area (Å²) in [6.07, 6.45) is -0.0356. The first-order valence-corrected chi connectivity index (χ1v) is 4.28. The predicted molar refractivity (Wildman–Crippen MR) is 53.8 cm³/mol. The van der Waals surface area contributed by atoms with E-state index >= 15 is 0 Å². The Balaban J connectivity index is 3.13. The minimum atomic E-state index is -0.978. The summed E-state index contributed by atoms with van der Waals surface area (Å²) in [5.41, 5.74) is 5.56. The van der Waals surface area contributed by atoms with Crippen molar-refractivity contribution in [2.24, 2.45) is 0 Å². The van der Waals surface area contributed by atoms with Gasteiger partial charge in [0.15, 0.2) is 0 Å². The zero-order chi connectivity index (χ0) is 11.6. The number of aryl methyl sites for hydroxylation is 1. The van der Waals surface area contributed by atoms with Crippen molar-refractivity contribution in [3.63, 3.8) is 0 Å².